The summed E-state index contributed by atoms with van der Waals surface area (Å²) >= 11 is 1.67. The summed E-state index contributed by atoms with van der Waals surface area (Å²) in [6.45, 7) is 0. The molecular formula is C24H18N4S. The van der Waals surface area contributed by atoms with Crippen LogP contribution in [0, 0.1) is 0 Å². The Hall–Kier alpha value is -3.70. The van der Waals surface area contributed by atoms with Gasteiger partial charge in [0.15, 0.2) is 0 Å². The highest BCUT2D eigenvalue weighted by atomic mass is 32.1. The quantitative estimate of drug-likeness (QED) is 0.343. The molecule has 4 nitrogen and oxygen atoms in total. The number of aromatic nitrogens is 3. The van der Waals surface area contributed by atoms with Gasteiger partial charge in [0.25, 0.3) is 0 Å². The number of anilines is 3. The second-order valence-electron chi connectivity index (χ2n) is 6.51. The first-order valence-corrected chi connectivity index (χ1v) is 10.3. The van der Waals surface area contributed by atoms with Gasteiger partial charge >= 0.3 is 0 Å². The molecule has 0 amide bonds. The zero-order valence-electron chi connectivity index (χ0n) is 15.6. The molecule has 0 unspecified atom stereocenters. The van der Waals surface area contributed by atoms with Gasteiger partial charge in [0.05, 0.1) is 5.69 Å². The topological polar surface area (TPSA) is 34.0 Å². The molecule has 5 heteroatoms. The molecule has 140 valence electrons. The van der Waals surface area contributed by atoms with Gasteiger partial charge in [0.2, 0.25) is 0 Å². The molecule has 4 heterocycles. The summed E-state index contributed by atoms with van der Waals surface area (Å²) in [5.41, 5.74) is 3.09. The fraction of sp³-hybridized carbons (Fsp3) is 0. The third kappa shape index (κ3) is 3.56. The second-order valence-corrected chi connectivity index (χ2v) is 7.29. The highest BCUT2D eigenvalue weighted by Crippen LogP contribution is 2.33. The van der Waals surface area contributed by atoms with Crippen molar-refractivity contribution in [3.63, 3.8) is 0 Å². The zero-order chi connectivity index (χ0) is 19.5. The lowest BCUT2D eigenvalue weighted by Crippen LogP contribution is -2.14. The number of para-hydroxylation sites is 1. The number of hydrogen-bond donors (Lipinski definition) is 0. The van der Waals surface area contributed by atoms with E-state index in [1.165, 1.54) is 0 Å². The van der Waals surface area contributed by atoms with E-state index in [-0.39, 0.29) is 0 Å². The molecule has 0 atom stereocenters. The van der Waals surface area contributed by atoms with E-state index >= 15 is 0 Å². The van der Waals surface area contributed by atoms with Crippen LogP contribution in [-0.4, -0.2) is 14.5 Å². The van der Waals surface area contributed by atoms with E-state index in [0.717, 1.165) is 34.4 Å². The van der Waals surface area contributed by atoms with Crippen LogP contribution in [0.5, 0.6) is 0 Å². The predicted molar refractivity (Wildman–Crippen MR) is 119 cm³/mol. The SMILES string of the molecule is c1ccc(N(c2cccc(-c3ccsc3)n2)c2cccc(-n3cccc3)n2)cc1. The van der Waals surface area contributed by atoms with E-state index in [9.17, 15) is 0 Å². The summed E-state index contributed by atoms with van der Waals surface area (Å²) in [7, 11) is 0. The van der Waals surface area contributed by atoms with E-state index in [1.807, 2.05) is 83.7 Å². The Balaban J connectivity index is 1.64. The van der Waals surface area contributed by atoms with Gasteiger partial charge in [-0.2, -0.15) is 11.3 Å². The predicted octanol–water partition coefficient (Wildman–Crippen LogP) is 6.47. The van der Waals surface area contributed by atoms with Crippen LogP contribution in [0.4, 0.5) is 17.3 Å². The van der Waals surface area contributed by atoms with E-state index in [1.54, 1.807) is 11.3 Å². The van der Waals surface area contributed by atoms with Crippen LogP contribution in [0.3, 0.4) is 0 Å². The van der Waals surface area contributed by atoms with E-state index in [0.29, 0.717) is 0 Å². The minimum absolute atomic E-state index is 0.817. The monoisotopic (exact) mass is 394 g/mol. The Morgan fingerprint density at radius 2 is 1.45 bits per heavy atom. The van der Waals surface area contributed by atoms with Crippen molar-refractivity contribution < 1.29 is 0 Å². The molecule has 0 aliphatic heterocycles. The highest BCUT2D eigenvalue weighted by molar-refractivity contribution is 7.08. The number of thiophene rings is 1. The van der Waals surface area contributed by atoms with Crippen LogP contribution in [0.1, 0.15) is 0 Å². The maximum absolute atomic E-state index is 4.95. The van der Waals surface area contributed by atoms with Crippen LogP contribution >= 0.6 is 11.3 Å². The van der Waals surface area contributed by atoms with Crippen molar-refractivity contribution in [1.82, 2.24) is 14.5 Å². The molecule has 0 aliphatic carbocycles. The van der Waals surface area contributed by atoms with Crippen LogP contribution in [0.25, 0.3) is 17.1 Å². The van der Waals surface area contributed by atoms with E-state index in [2.05, 4.69) is 33.9 Å². The molecule has 1 aromatic carbocycles. The Bertz CT molecular complexity index is 1120. The van der Waals surface area contributed by atoms with Gasteiger partial charge in [-0.3, -0.25) is 4.90 Å². The summed E-state index contributed by atoms with van der Waals surface area (Å²) in [5.74, 6) is 2.51. The van der Waals surface area contributed by atoms with Gasteiger partial charge < -0.3 is 4.57 Å². The van der Waals surface area contributed by atoms with Gasteiger partial charge in [-0.05, 0) is 60.0 Å². The fourth-order valence-electron chi connectivity index (χ4n) is 3.25. The van der Waals surface area contributed by atoms with Crippen molar-refractivity contribution in [2.24, 2.45) is 0 Å². The lowest BCUT2D eigenvalue weighted by Gasteiger charge is -2.24. The van der Waals surface area contributed by atoms with Crippen molar-refractivity contribution in [3.8, 4) is 17.1 Å². The highest BCUT2D eigenvalue weighted by Gasteiger charge is 2.16. The standard InChI is InChI=1S/C24H18N4S/c1-2-8-20(9-3-1)28(23-12-6-10-21(25-23)19-14-17-29-18-19)24-13-7-11-22(26-24)27-15-4-5-16-27/h1-18H. The lowest BCUT2D eigenvalue weighted by molar-refractivity contribution is 0.995. The van der Waals surface area contributed by atoms with Gasteiger partial charge in [-0.25, -0.2) is 9.97 Å². The zero-order valence-corrected chi connectivity index (χ0v) is 16.4. The first kappa shape index (κ1) is 17.4. The minimum atomic E-state index is 0.817. The summed E-state index contributed by atoms with van der Waals surface area (Å²) < 4.78 is 2.00. The minimum Gasteiger partial charge on any atom is -0.309 e. The lowest BCUT2D eigenvalue weighted by atomic mass is 10.2. The average Bonchev–Trinajstić information content (AvgIpc) is 3.50. The summed E-state index contributed by atoms with van der Waals surface area (Å²) in [6.07, 6.45) is 3.99. The van der Waals surface area contributed by atoms with Crippen LogP contribution in [-0.2, 0) is 0 Å². The molecule has 0 radical (unpaired) electrons. The molecule has 0 bridgehead atoms. The number of rotatable bonds is 5. The van der Waals surface area contributed by atoms with Gasteiger partial charge in [0.1, 0.15) is 17.5 Å². The maximum Gasteiger partial charge on any atom is 0.141 e. The van der Waals surface area contributed by atoms with Crippen molar-refractivity contribution in [2.75, 3.05) is 4.90 Å². The molecule has 29 heavy (non-hydrogen) atoms. The molecule has 0 N–H and O–H groups in total. The third-order valence-corrected chi connectivity index (χ3v) is 5.30. The van der Waals surface area contributed by atoms with Crippen molar-refractivity contribution in [1.29, 1.82) is 0 Å². The van der Waals surface area contributed by atoms with Crippen LogP contribution in [0.15, 0.2) is 108 Å². The van der Waals surface area contributed by atoms with Crippen LogP contribution < -0.4 is 4.90 Å². The number of pyridine rings is 2. The van der Waals surface area contributed by atoms with Gasteiger partial charge in [-0.15, -0.1) is 0 Å². The molecule has 4 aromatic heterocycles. The maximum atomic E-state index is 4.95. The smallest absolute Gasteiger partial charge is 0.141 e. The Kier molecular flexibility index (Phi) is 4.64. The first-order valence-electron chi connectivity index (χ1n) is 9.34. The molecule has 0 spiro atoms. The van der Waals surface area contributed by atoms with Gasteiger partial charge in [-0.1, -0.05) is 30.3 Å². The largest absolute Gasteiger partial charge is 0.309 e. The molecular weight excluding hydrogens is 376 g/mol. The molecule has 5 rings (SSSR count). The van der Waals surface area contributed by atoms with Gasteiger partial charge in [0, 0.05) is 29.0 Å². The van der Waals surface area contributed by atoms with Crippen molar-refractivity contribution in [2.45, 2.75) is 0 Å². The Labute approximate surface area is 173 Å². The van der Waals surface area contributed by atoms with Crippen molar-refractivity contribution >= 4 is 28.7 Å². The molecule has 5 aromatic rings. The summed E-state index contributed by atoms with van der Waals surface area (Å²) in [5, 5.41) is 4.19. The van der Waals surface area contributed by atoms with E-state index in [4.69, 9.17) is 9.97 Å². The fourth-order valence-corrected chi connectivity index (χ4v) is 3.90. The van der Waals surface area contributed by atoms with Crippen LogP contribution in [0.2, 0.25) is 0 Å². The first-order chi connectivity index (χ1) is 14.4. The molecule has 0 fully saturated rings. The Morgan fingerprint density at radius 3 is 2.21 bits per heavy atom. The number of hydrogen-bond acceptors (Lipinski definition) is 4. The summed E-state index contributed by atoms with van der Waals surface area (Å²) in [6, 6.07) is 28.4. The molecule has 0 aliphatic rings. The average molecular weight is 395 g/mol. The molecule has 0 saturated carbocycles. The normalized spacial score (nSPS) is 10.8. The third-order valence-electron chi connectivity index (χ3n) is 4.61. The molecule has 0 saturated heterocycles. The number of benzene rings is 1. The Morgan fingerprint density at radius 1 is 0.690 bits per heavy atom. The second kappa shape index (κ2) is 7.73. The van der Waals surface area contributed by atoms with Crippen molar-refractivity contribution in [3.05, 3.63) is 108 Å². The number of nitrogens with zero attached hydrogens (tertiary/aromatic N) is 4. The summed E-state index contributed by atoms with van der Waals surface area (Å²) in [4.78, 5) is 11.9. The van der Waals surface area contributed by atoms with E-state index < -0.39 is 0 Å².